The van der Waals surface area contributed by atoms with Crippen molar-refractivity contribution in [1.82, 2.24) is 34.3 Å². The van der Waals surface area contributed by atoms with Crippen molar-refractivity contribution in [3.8, 4) is 0 Å². The Hall–Kier alpha value is -3.01. The second kappa shape index (κ2) is 7.43. The Labute approximate surface area is 169 Å². The Kier molecular flexibility index (Phi) is 4.95. The summed E-state index contributed by atoms with van der Waals surface area (Å²) < 4.78 is 3.56. The van der Waals surface area contributed by atoms with Crippen molar-refractivity contribution >= 4 is 23.2 Å². The summed E-state index contributed by atoms with van der Waals surface area (Å²) in [5, 5.41) is 11.7. The zero-order valence-corrected chi connectivity index (χ0v) is 17.5. The number of carbonyl (C=O) groups excluding carboxylic acids is 1. The lowest BCUT2D eigenvalue weighted by Gasteiger charge is -2.38. The Balaban J connectivity index is 1.42. The Morgan fingerprint density at radius 1 is 1.17 bits per heavy atom. The van der Waals surface area contributed by atoms with Crippen LogP contribution in [0.15, 0.2) is 12.4 Å². The van der Waals surface area contributed by atoms with Gasteiger partial charge in [0.2, 0.25) is 5.91 Å². The topological polar surface area (TPSA) is 96.5 Å². The first-order valence-electron chi connectivity index (χ1n) is 9.82. The molecule has 3 aromatic heterocycles. The summed E-state index contributed by atoms with van der Waals surface area (Å²) in [4.78, 5) is 25.9. The number of piperazine rings is 1. The van der Waals surface area contributed by atoms with Crippen LogP contribution in [0.4, 0.5) is 11.5 Å². The lowest BCUT2D eigenvalue weighted by atomic mass is 10.2. The number of hydrogen-bond donors (Lipinski definition) is 1. The Morgan fingerprint density at radius 3 is 2.55 bits per heavy atom. The second-order valence-electron chi connectivity index (χ2n) is 7.59. The standard InChI is InChI=1S/C19H27N9O/c1-12-10-16(28-19(22-12)20-11-21-28)27-8-6-26(7-9-27)15(4)18(29)23-17-13(2)24-25(5)14(17)3/h10-11,15H,6-9H2,1-5H3,(H,23,29). The second-order valence-corrected chi connectivity index (χ2v) is 7.59. The minimum Gasteiger partial charge on any atom is -0.354 e. The maximum atomic E-state index is 12.8. The van der Waals surface area contributed by atoms with Crippen LogP contribution in [0.25, 0.3) is 5.78 Å². The lowest BCUT2D eigenvalue weighted by molar-refractivity contribution is -0.120. The van der Waals surface area contributed by atoms with Gasteiger partial charge >= 0.3 is 0 Å². The van der Waals surface area contributed by atoms with E-state index in [1.807, 2.05) is 40.8 Å². The number of amides is 1. The molecule has 1 N–H and O–H groups in total. The van der Waals surface area contributed by atoms with Gasteiger partial charge in [-0.2, -0.15) is 19.7 Å². The highest BCUT2D eigenvalue weighted by atomic mass is 16.2. The Morgan fingerprint density at radius 2 is 1.90 bits per heavy atom. The van der Waals surface area contributed by atoms with Gasteiger partial charge in [-0.15, -0.1) is 0 Å². The molecular formula is C19H27N9O. The average Bonchev–Trinajstić information content (AvgIpc) is 3.26. The molecule has 1 aliphatic rings. The molecule has 1 fully saturated rings. The predicted molar refractivity (Wildman–Crippen MR) is 110 cm³/mol. The summed E-state index contributed by atoms with van der Waals surface area (Å²) in [6.07, 6.45) is 1.52. The van der Waals surface area contributed by atoms with Gasteiger partial charge in [0.05, 0.1) is 23.1 Å². The fraction of sp³-hybridized carbons (Fsp3) is 0.526. The van der Waals surface area contributed by atoms with E-state index in [0.29, 0.717) is 5.78 Å². The first-order chi connectivity index (χ1) is 13.8. The molecule has 29 heavy (non-hydrogen) atoms. The fourth-order valence-electron chi connectivity index (χ4n) is 3.82. The number of carbonyl (C=O) groups is 1. The maximum absolute atomic E-state index is 12.8. The number of fused-ring (bicyclic) bond motifs is 1. The molecule has 3 aromatic rings. The Bertz CT molecular complexity index is 1050. The van der Waals surface area contributed by atoms with Crippen LogP contribution in [0.1, 0.15) is 24.0 Å². The molecule has 1 amide bonds. The number of hydrogen-bond acceptors (Lipinski definition) is 7. The van der Waals surface area contributed by atoms with E-state index in [1.54, 1.807) is 9.20 Å². The van der Waals surface area contributed by atoms with Gasteiger partial charge in [-0.25, -0.2) is 4.98 Å². The van der Waals surface area contributed by atoms with Gasteiger partial charge in [-0.05, 0) is 27.7 Å². The van der Waals surface area contributed by atoms with Gasteiger partial charge in [-0.1, -0.05) is 0 Å². The van der Waals surface area contributed by atoms with Gasteiger partial charge in [0, 0.05) is 45.0 Å². The monoisotopic (exact) mass is 397 g/mol. The molecule has 10 nitrogen and oxygen atoms in total. The SMILES string of the molecule is Cc1cc(N2CCN(C(C)C(=O)Nc3c(C)nn(C)c3C)CC2)n2ncnc2n1. The zero-order chi connectivity index (χ0) is 20.7. The summed E-state index contributed by atoms with van der Waals surface area (Å²) >= 11 is 0. The highest BCUT2D eigenvalue weighted by Crippen LogP contribution is 2.21. The molecule has 0 bridgehead atoms. The molecule has 154 valence electrons. The molecule has 1 aliphatic heterocycles. The molecule has 1 unspecified atom stereocenters. The van der Waals surface area contributed by atoms with Crippen molar-refractivity contribution in [2.75, 3.05) is 36.4 Å². The van der Waals surface area contributed by atoms with Crippen LogP contribution in [0.2, 0.25) is 0 Å². The number of nitrogens with one attached hydrogen (secondary N) is 1. The smallest absolute Gasteiger partial charge is 0.254 e. The molecule has 0 saturated carbocycles. The zero-order valence-electron chi connectivity index (χ0n) is 17.5. The summed E-state index contributed by atoms with van der Waals surface area (Å²) in [5.74, 6) is 1.59. The number of aromatic nitrogens is 6. The quantitative estimate of drug-likeness (QED) is 0.700. The van der Waals surface area contributed by atoms with Crippen molar-refractivity contribution < 1.29 is 4.79 Å². The van der Waals surface area contributed by atoms with Crippen LogP contribution >= 0.6 is 0 Å². The van der Waals surface area contributed by atoms with Crippen molar-refractivity contribution in [3.63, 3.8) is 0 Å². The van der Waals surface area contributed by atoms with Crippen LogP contribution in [-0.4, -0.2) is 72.4 Å². The summed E-state index contributed by atoms with van der Waals surface area (Å²) in [5.41, 5.74) is 3.51. The van der Waals surface area contributed by atoms with Gasteiger partial charge in [0.1, 0.15) is 12.1 Å². The van der Waals surface area contributed by atoms with Crippen molar-refractivity contribution in [1.29, 1.82) is 0 Å². The minimum absolute atomic E-state index is 0.00364. The van der Waals surface area contributed by atoms with Gasteiger partial charge < -0.3 is 10.2 Å². The minimum atomic E-state index is -0.221. The van der Waals surface area contributed by atoms with E-state index in [9.17, 15) is 4.79 Å². The number of nitrogens with zero attached hydrogens (tertiary/aromatic N) is 8. The van der Waals surface area contributed by atoms with E-state index in [0.717, 1.165) is 54.8 Å². The summed E-state index contributed by atoms with van der Waals surface area (Å²) in [7, 11) is 1.88. The van der Waals surface area contributed by atoms with Crippen LogP contribution in [0.5, 0.6) is 0 Å². The first kappa shape index (κ1) is 19.3. The van der Waals surface area contributed by atoms with E-state index in [1.165, 1.54) is 6.33 Å². The van der Waals surface area contributed by atoms with E-state index in [4.69, 9.17) is 0 Å². The molecule has 10 heteroatoms. The predicted octanol–water partition coefficient (Wildman–Crippen LogP) is 0.932. The largest absolute Gasteiger partial charge is 0.354 e. The van der Waals surface area contributed by atoms with Crippen molar-refractivity contribution in [2.45, 2.75) is 33.7 Å². The fourth-order valence-corrected chi connectivity index (χ4v) is 3.82. The molecule has 1 saturated heterocycles. The number of aryl methyl sites for hydroxylation is 3. The van der Waals surface area contributed by atoms with Crippen LogP contribution in [0, 0.1) is 20.8 Å². The molecular weight excluding hydrogens is 370 g/mol. The highest BCUT2D eigenvalue weighted by molar-refractivity contribution is 5.95. The average molecular weight is 397 g/mol. The van der Waals surface area contributed by atoms with Gasteiger partial charge in [-0.3, -0.25) is 14.4 Å². The maximum Gasteiger partial charge on any atom is 0.254 e. The molecule has 0 spiro atoms. The first-order valence-corrected chi connectivity index (χ1v) is 9.82. The lowest BCUT2D eigenvalue weighted by Crippen LogP contribution is -2.53. The highest BCUT2D eigenvalue weighted by Gasteiger charge is 2.27. The van der Waals surface area contributed by atoms with Crippen molar-refractivity contribution in [3.05, 3.63) is 29.5 Å². The third-order valence-electron chi connectivity index (χ3n) is 5.68. The van der Waals surface area contributed by atoms with Crippen LogP contribution < -0.4 is 10.2 Å². The molecule has 0 radical (unpaired) electrons. The van der Waals surface area contributed by atoms with E-state index in [-0.39, 0.29) is 11.9 Å². The van der Waals surface area contributed by atoms with E-state index >= 15 is 0 Å². The normalized spacial score (nSPS) is 16.4. The molecule has 0 aromatic carbocycles. The van der Waals surface area contributed by atoms with Crippen LogP contribution in [0.3, 0.4) is 0 Å². The summed E-state index contributed by atoms with van der Waals surface area (Å²) in [6.45, 7) is 11.0. The van der Waals surface area contributed by atoms with Gasteiger partial charge in [0.25, 0.3) is 5.78 Å². The van der Waals surface area contributed by atoms with E-state index in [2.05, 4.69) is 35.3 Å². The summed E-state index contributed by atoms with van der Waals surface area (Å²) in [6, 6.07) is 1.81. The molecule has 4 heterocycles. The number of anilines is 2. The van der Waals surface area contributed by atoms with E-state index < -0.39 is 0 Å². The number of rotatable bonds is 4. The molecule has 0 aliphatic carbocycles. The van der Waals surface area contributed by atoms with Crippen LogP contribution in [-0.2, 0) is 11.8 Å². The van der Waals surface area contributed by atoms with Gasteiger partial charge in [0.15, 0.2) is 0 Å². The molecule has 4 rings (SSSR count). The molecule has 1 atom stereocenters. The van der Waals surface area contributed by atoms with Crippen molar-refractivity contribution in [2.24, 2.45) is 7.05 Å². The third kappa shape index (κ3) is 3.55. The third-order valence-corrected chi connectivity index (χ3v) is 5.68.